The zero-order chi connectivity index (χ0) is 19.5. The van der Waals surface area contributed by atoms with Crippen LogP contribution in [-0.2, 0) is 9.53 Å². The van der Waals surface area contributed by atoms with E-state index in [1.807, 2.05) is 24.8 Å². The molecule has 1 aromatic heterocycles. The van der Waals surface area contributed by atoms with Crippen LogP contribution in [0.4, 0.5) is 13.2 Å². The van der Waals surface area contributed by atoms with E-state index in [1.165, 1.54) is 17.7 Å². The summed E-state index contributed by atoms with van der Waals surface area (Å²) in [4.78, 5) is 25.3. The van der Waals surface area contributed by atoms with Crippen molar-refractivity contribution in [2.24, 2.45) is 0 Å². The van der Waals surface area contributed by atoms with E-state index in [9.17, 15) is 18.0 Å². The Bertz CT molecular complexity index is 654. The predicted molar refractivity (Wildman–Crippen MR) is 89.1 cm³/mol. The fourth-order valence-electron chi connectivity index (χ4n) is 2.69. The van der Waals surface area contributed by atoms with Gasteiger partial charge in [-0.3, -0.25) is 4.79 Å². The van der Waals surface area contributed by atoms with Crippen LogP contribution in [0.15, 0.2) is 12.1 Å². The second-order valence-corrected chi connectivity index (χ2v) is 7.79. The molecule has 10 heteroatoms. The van der Waals surface area contributed by atoms with Crippen LogP contribution in [0.2, 0.25) is 0 Å². The molecule has 1 atom stereocenters. The highest BCUT2D eigenvalue weighted by Gasteiger charge is 2.38. The van der Waals surface area contributed by atoms with Gasteiger partial charge in [0.05, 0.1) is 17.0 Å². The largest absolute Gasteiger partial charge is 0.490 e. The van der Waals surface area contributed by atoms with E-state index in [2.05, 4.69) is 11.4 Å². The molecule has 2 saturated heterocycles. The molecule has 3 rings (SSSR count). The third-order valence-electron chi connectivity index (χ3n) is 4.14. The SMILES string of the molecule is CC1(C)COCN1C(=O)c1ccc(C2CCCN2)s1.O=C(O)C(F)(F)F. The van der Waals surface area contributed by atoms with Gasteiger partial charge in [0, 0.05) is 10.9 Å². The number of aliphatic carboxylic acids is 1. The lowest BCUT2D eigenvalue weighted by Crippen LogP contribution is -2.43. The molecule has 0 aliphatic carbocycles. The average molecular weight is 394 g/mol. The number of nitrogens with zero attached hydrogens (tertiary/aromatic N) is 1. The smallest absolute Gasteiger partial charge is 0.475 e. The normalized spacial score (nSPS) is 22.0. The highest BCUT2D eigenvalue weighted by Crippen LogP contribution is 2.32. The number of ether oxygens (including phenoxy) is 1. The van der Waals surface area contributed by atoms with Gasteiger partial charge in [0.25, 0.3) is 5.91 Å². The number of amides is 1. The molecular formula is C16H21F3N2O4S. The van der Waals surface area contributed by atoms with Gasteiger partial charge < -0.3 is 20.1 Å². The number of carboxylic acids is 1. The van der Waals surface area contributed by atoms with E-state index >= 15 is 0 Å². The second kappa shape index (κ2) is 7.93. The number of hydrogen-bond donors (Lipinski definition) is 2. The summed E-state index contributed by atoms with van der Waals surface area (Å²) in [5, 5.41) is 10.6. The molecule has 0 saturated carbocycles. The van der Waals surface area contributed by atoms with Gasteiger partial charge in [-0.05, 0) is 45.4 Å². The van der Waals surface area contributed by atoms with Crippen LogP contribution in [0, 0.1) is 0 Å². The Balaban J connectivity index is 0.000000298. The molecule has 2 N–H and O–H groups in total. The number of carbonyl (C=O) groups is 2. The van der Waals surface area contributed by atoms with Crippen LogP contribution in [-0.4, -0.2) is 53.5 Å². The lowest BCUT2D eigenvalue weighted by molar-refractivity contribution is -0.192. The summed E-state index contributed by atoms with van der Waals surface area (Å²) in [5.74, 6) is -2.66. The maximum absolute atomic E-state index is 12.5. The molecule has 0 radical (unpaired) electrons. The summed E-state index contributed by atoms with van der Waals surface area (Å²) in [6, 6.07) is 4.48. The molecular weight excluding hydrogens is 373 g/mol. The number of carbonyl (C=O) groups excluding carboxylic acids is 1. The van der Waals surface area contributed by atoms with Crippen molar-refractivity contribution in [3.05, 3.63) is 21.9 Å². The van der Waals surface area contributed by atoms with Crippen molar-refractivity contribution in [3.8, 4) is 0 Å². The molecule has 2 aliphatic rings. The van der Waals surface area contributed by atoms with Gasteiger partial charge in [0.15, 0.2) is 0 Å². The molecule has 146 valence electrons. The van der Waals surface area contributed by atoms with Crippen LogP contribution in [0.3, 0.4) is 0 Å². The molecule has 1 aromatic rings. The summed E-state index contributed by atoms with van der Waals surface area (Å²) in [7, 11) is 0. The first-order chi connectivity index (χ1) is 12.0. The minimum Gasteiger partial charge on any atom is -0.475 e. The number of thiophene rings is 1. The Kier molecular flexibility index (Phi) is 6.30. The lowest BCUT2D eigenvalue weighted by Gasteiger charge is -2.28. The Labute approximate surface area is 152 Å². The fraction of sp³-hybridized carbons (Fsp3) is 0.625. The topological polar surface area (TPSA) is 78.9 Å². The Morgan fingerprint density at radius 2 is 2.04 bits per heavy atom. The quantitative estimate of drug-likeness (QED) is 0.806. The van der Waals surface area contributed by atoms with Gasteiger partial charge in [0.1, 0.15) is 6.73 Å². The van der Waals surface area contributed by atoms with Crippen LogP contribution in [0.1, 0.15) is 47.3 Å². The molecule has 3 heterocycles. The molecule has 2 fully saturated rings. The lowest BCUT2D eigenvalue weighted by atomic mass is 10.1. The van der Waals surface area contributed by atoms with Gasteiger partial charge in [-0.2, -0.15) is 13.2 Å². The highest BCUT2D eigenvalue weighted by molar-refractivity contribution is 7.14. The molecule has 0 spiro atoms. The van der Waals surface area contributed by atoms with E-state index in [-0.39, 0.29) is 11.4 Å². The number of alkyl halides is 3. The number of carboxylic acid groups (broad SMARTS) is 1. The fourth-order valence-corrected chi connectivity index (χ4v) is 3.76. The first-order valence-corrected chi connectivity index (χ1v) is 8.87. The molecule has 1 unspecified atom stereocenters. The van der Waals surface area contributed by atoms with E-state index in [1.54, 1.807) is 11.3 Å². The van der Waals surface area contributed by atoms with Crippen molar-refractivity contribution in [1.82, 2.24) is 10.2 Å². The van der Waals surface area contributed by atoms with Crippen molar-refractivity contribution in [3.63, 3.8) is 0 Å². The van der Waals surface area contributed by atoms with Crippen LogP contribution < -0.4 is 5.32 Å². The van der Waals surface area contributed by atoms with Crippen LogP contribution >= 0.6 is 11.3 Å². The van der Waals surface area contributed by atoms with Crippen LogP contribution in [0.5, 0.6) is 0 Å². The molecule has 0 aromatic carbocycles. The van der Waals surface area contributed by atoms with E-state index in [4.69, 9.17) is 14.6 Å². The van der Waals surface area contributed by atoms with Crippen molar-refractivity contribution < 1.29 is 32.6 Å². The standard InChI is InChI=1S/C14H20N2O2S.C2HF3O2/c1-14(2)8-18-9-16(14)13(17)12-6-5-11(19-12)10-4-3-7-15-10;3-2(4,5)1(6)7/h5-6,10,15H,3-4,7-9H2,1-2H3;(H,6,7). The van der Waals surface area contributed by atoms with Gasteiger partial charge in [0.2, 0.25) is 0 Å². The maximum atomic E-state index is 12.5. The summed E-state index contributed by atoms with van der Waals surface area (Å²) in [6.07, 6.45) is -2.69. The Hall–Kier alpha value is -1.65. The summed E-state index contributed by atoms with van der Waals surface area (Å²) >= 11 is 1.62. The predicted octanol–water partition coefficient (Wildman–Crippen LogP) is 3.01. The van der Waals surface area contributed by atoms with E-state index < -0.39 is 12.1 Å². The molecule has 1 amide bonds. The minimum absolute atomic E-state index is 0.0942. The number of rotatable bonds is 2. The molecule has 26 heavy (non-hydrogen) atoms. The Morgan fingerprint density at radius 3 is 2.50 bits per heavy atom. The molecule has 6 nitrogen and oxygen atoms in total. The third kappa shape index (κ3) is 4.95. The van der Waals surface area contributed by atoms with E-state index in [0.29, 0.717) is 19.4 Å². The third-order valence-corrected chi connectivity index (χ3v) is 5.32. The Morgan fingerprint density at radius 1 is 1.38 bits per heavy atom. The molecule has 0 bridgehead atoms. The van der Waals surface area contributed by atoms with Gasteiger partial charge in [-0.15, -0.1) is 11.3 Å². The summed E-state index contributed by atoms with van der Waals surface area (Å²) in [6.45, 7) is 6.19. The zero-order valence-electron chi connectivity index (χ0n) is 14.4. The number of hydrogen-bond acceptors (Lipinski definition) is 5. The van der Waals surface area contributed by atoms with Crippen molar-refractivity contribution in [2.45, 2.75) is 44.4 Å². The van der Waals surface area contributed by atoms with Crippen molar-refractivity contribution in [2.75, 3.05) is 19.9 Å². The molecule has 2 aliphatic heterocycles. The maximum Gasteiger partial charge on any atom is 0.490 e. The first kappa shape index (κ1) is 20.7. The van der Waals surface area contributed by atoms with Gasteiger partial charge >= 0.3 is 12.1 Å². The van der Waals surface area contributed by atoms with Gasteiger partial charge in [-0.1, -0.05) is 0 Å². The first-order valence-electron chi connectivity index (χ1n) is 8.05. The van der Waals surface area contributed by atoms with Crippen molar-refractivity contribution in [1.29, 1.82) is 0 Å². The van der Waals surface area contributed by atoms with Crippen LogP contribution in [0.25, 0.3) is 0 Å². The number of halogens is 3. The monoisotopic (exact) mass is 394 g/mol. The minimum atomic E-state index is -5.08. The summed E-state index contributed by atoms with van der Waals surface area (Å²) in [5.41, 5.74) is -0.202. The highest BCUT2D eigenvalue weighted by atomic mass is 32.1. The number of nitrogens with one attached hydrogen (secondary N) is 1. The second-order valence-electron chi connectivity index (χ2n) is 6.68. The average Bonchev–Trinajstić information content (AvgIpc) is 3.25. The van der Waals surface area contributed by atoms with Crippen molar-refractivity contribution >= 4 is 23.2 Å². The van der Waals surface area contributed by atoms with Gasteiger partial charge in [-0.25, -0.2) is 4.79 Å². The summed E-state index contributed by atoms with van der Waals surface area (Å²) < 4.78 is 37.2. The zero-order valence-corrected chi connectivity index (χ0v) is 15.2. The van der Waals surface area contributed by atoms with E-state index in [0.717, 1.165) is 11.4 Å².